The van der Waals surface area contributed by atoms with Crippen LogP contribution in [0.25, 0.3) is 0 Å². The van der Waals surface area contributed by atoms with Crippen molar-refractivity contribution < 1.29 is 4.79 Å². The van der Waals surface area contributed by atoms with Crippen molar-refractivity contribution in [1.82, 2.24) is 9.80 Å². The van der Waals surface area contributed by atoms with Gasteiger partial charge >= 0.3 is 0 Å². The van der Waals surface area contributed by atoms with Crippen LogP contribution in [0.4, 0.5) is 0 Å². The SMILES string of the molecule is C=C(CSCCCC)N1CCN(C=O)CC1. The van der Waals surface area contributed by atoms with Gasteiger partial charge in [-0.05, 0) is 12.2 Å². The topological polar surface area (TPSA) is 23.6 Å². The van der Waals surface area contributed by atoms with Crippen molar-refractivity contribution >= 4 is 18.2 Å². The summed E-state index contributed by atoms with van der Waals surface area (Å²) in [5, 5.41) is 0. The molecule has 0 saturated carbocycles. The average molecular weight is 242 g/mol. The highest BCUT2D eigenvalue weighted by Gasteiger charge is 2.15. The van der Waals surface area contributed by atoms with Crippen molar-refractivity contribution in [1.29, 1.82) is 0 Å². The van der Waals surface area contributed by atoms with Gasteiger partial charge in [0.15, 0.2) is 0 Å². The highest BCUT2D eigenvalue weighted by atomic mass is 32.2. The number of amides is 1. The Kier molecular flexibility index (Phi) is 6.38. The van der Waals surface area contributed by atoms with E-state index in [4.69, 9.17) is 0 Å². The molecule has 1 amide bonds. The quantitative estimate of drug-likeness (QED) is 0.502. The van der Waals surface area contributed by atoms with E-state index in [1.54, 1.807) is 0 Å². The Morgan fingerprint density at radius 2 is 2.06 bits per heavy atom. The number of carbonyl (C=O) groups excluding carboxylic acids is 1. The summed E-state index contributed by atoms with van der Waals surface area (Å²) in [6.07, 6.45) is 3.49. The van der Waals surface area contributed by atoms with Gasteiger partial charge in [0, 0.05) is 37.6 Å². The number of piperazine rings is 1. The van der Waals surface area contributed by atoms with E-state index in [2.05, 4.69) is 18.4 Å². The van der Waals surface area contributed by atoms with Crippen molar-refractivity contribution in [3.8, 4) is 0 Å². The van der Waals surface area contributed by atoms with Gasteiger partial charge in [-0.3, -0.25) is 4.79 Å². The minimum absolute atomic E-state index is 0.835. The maximum Gasteiger partial charge on any atom is 0.209 e. The number of hydrogen-bond donors (Lipinski definition) is 0. The first-order valence-electron chi connectivity index (χ1n) is 5.97. The van der Waals surface area contributed by atoms with Crippen molar-refractivity contribution in [2.24, 2.45) is 0 Å². The minimum Gasteiger partial charge on any atom is -0.371 e. The summed E-state index contributed by atoms with van der Waals surface area (Å²) >= 11 is 1.96. The average Bonchev–Trinajstić information content (AvgIpc) is 2.34. The summed E-state index contributed by atoms with van der Waals surface area (Å²) in [5.74, 6) is 2.25. The fourth-order valence-electron chi connectivity index (χ4n) is 1.67. The Morgan fingerprint density at radius 3 is 2.62 bits per heavy atom. The second kappa shape index (κ2) is 7.60. The van der Waals surface area contributed by atoms with Gasteiger partial charge in [-0.15, -0.1) is 0 Å². The van der Waals surface area contributed by atoms with Crippen LogP contribution in [-0.2, 0) is 4.79 Å². The molecule has 0 bridgehead atoms. The summed E-state index contributed by atoms with van der Waals surface area (Å²) in [6.45, 7) is 9.89. The first-order valence-corrected chi connectivity index (χ1v) is 7.13. The highest BCUT2D eigenvalue weighted by Crippen LogP contribution is 2.14. The summed E-state index contributed by atoms with van der Waals surface area (Å²) < 4.78 is 0. The summed E-state index contributed by atoms with van der Waals surface area (Å²) in [6, 6.07) is 0. The fourth-order valence-corrected chi connectivity index (χ4v) is 2.73. The molecule has 0 aromatic carbocycles. The molecule has 0 N–H and O–H groups in total. The van der Waals surface area contributed by atoms with Crippen molar-refractivity contribution in [2.75, 3.05) is 37.7 Å². The molecule has 0 aliphatic carbocycles. The smallest absolute Gasteiger partial charge is 0.209 e. The predicted molar refractivity (Wildman–Crippen MR) is 70.6 cm³/mol. The number of rotatable bonds is 7. The Hall–Kier alpha value is -0.640. The van der Waals surface area contributed by atoms with E-state index in [1.807, 2.05) is 16.7 Å². The van der Waals surface area contributed by atoms with E-state index in [1.165, 1.54) is 24.3 Å². The van der Waals surface area contributed by atoms with E-state index in [9.17, 15) is 4.79 Å². The normalized spacial score (nSPS) is 16.3. The molecule has 1 rings (SSSR count). The molecule has 1 heterocycles. The molecule has 0 aromatic rings. The van der Waals surface area contributed by atoms with E-state index in [0.29, 0.717) is 0 Å². The monoisotopic (exact) mass is 242 g/mol. The molecule has 0 spiro atoms. The zero-order valence-electron chi connectivity index (χ0n) is 10.2. The van der Waals surface area contributed by atoms with E-state index >= 15 is 0 Å². The van der Waals surface area contributed by atoms with Gasteiger partial charge in [-0.2, -0.15) is 11.8 Å². The Morgan fingerprint density at radius 1 is 1.38 bits per heavy atom. The second-order valence-corrected chi connectivity index (χ2v) is 5.21. The molecule has 4 heteroatoms. The van der Waals surface area contributed by atoms with Gasteiger partial charge in [0.25, 0.3) is 0 Å². The second-order valence-electron chi connectivity index (χ2n) is 4.10. The Bertz CT molecular complexity index is 225. The van der Waals surface area contributed by atoms with E-state index < -0.39 is 0 Å². The van der Waals surface area contributed by atoms with Gasteiger partial charge in [0.2, 0.25) is 6.41 Å². The number of carbonyl (C=O) groups is 1. The van der Waals surface area contributed by atoms with Crippen LogP contribution in [0.1, 0.15) is 19.8 Å². The molecule has 1 aliphatic rings. The number of nitrogens with zero attached hydrogens (tertiary/aromatic N) is 2. The first-order chi connectivity index (χ1) is 7.77. The molecular weight excluding hydrogens is 220 g/mol. The molecule has 1 aliphatic heterocycles. The van der Waals surface area contributed by atoms with E-state index in [0.717, 1.165) is 38.3 Å². The van der Waals surface area contributed by atoms with Crippen LogP contribution >= 0.6 is 11.8 Å². The largest absolute Gasteiger partial charge is 0.371 e. The van der Waals surface area contributed by atoms with Crippen molar-refractivity contribution in [3.63, 3.8) is 0 Å². The summed E-state index contributed by atoms with van der Waals surface area (Å²) in [7, 11) is 0. The Labute approximate surface area is 103 Å². The maximum atomic E-state index is 10.6. The van der Waals surface area contributed by atoms with Crippen LogP contribution in [0.2, 0.25) is 0 Å². The summed E-state index contributed by atoms with van der Waals surface area (Å²) in [4.78, 5) is 14.7. The van der Waals surface area contributed by atoms with Gasteiger partial charge < -0.3 is 9.80 Å². The van der Waals surface area contributed by atoms with Crippen LogP contribution < -0.4 is 0 Å². The minimum atomic E-state index is 0.835. The summed E-state index contributed by atoms with van der Waals surface area (Å²) in [5.41, 5.74) is 1.21. The molecule has 16 heavy (non-hydrogen) atoms. The third-order valence-electron chi connectivity index (χ3n) is 2.82. The molecule has 0 atom stereocenters. The molecule has 1 fully saturated rings. The van der Waals surface area contributed by atoms with Gasteiger partial charge in [0.1, 0.15) is 0 Å². The third-order valence-corrected chi connectivity index (χ3v) is 3.94. The van der Waals surface area contributed by atoms with Crippen molar-refractivity contribution in [3.05, 3.63) is 12.3 Å². The molecule has 0 aromatic heterocycles. The number of thioether (sulfide) groups is 1. The Balaban J connectivity index is 2.15. The predicted octanol–water partition coefficient (Wildman–Crippen LogP) is 1.81. The van der Waals surface area contributed by atoms with Crippen LogP contribution in [0, 0.1) is 0 Å². The van der Waals surface area contributed by atoms with Crippen LogP contribution in [0.5, 0.6) is 0 Å². The number of hydrogen-bond acceptors (Lipinski definition) is 3. The van der Waals surface area contributed by atoms with Gasteiger partial charge in [-0.25, -0.2) is 0 Å². The molecular formula is C12H22N2OS. The van der Waals surface area contributed by atoms with Crippen LogP contribution in [0.15, 0.2) is 12.3 Å². The number of unbranched alkanes of at least 4 members (excludes halogenated alkanes) is 1. The molecule has 0 unspecified atom stereocenters. The molecule has 1 saturated heterocycles. The van der Waals surface area contributed by atoms with Crippen LogP contribution in [0.3, 0.4) is 0 Å². The standard InChI is InChI=1S/C12H22N2OS/c1-3-4-9-16-10-12(2)14-7-5-13(11-15)6-8-14/h11H,2-10H2,1H3. The molecule has 3 nitrogen and oxygen atoms in total. The lowest BCUT2D eigenvalue weighted by Crippen LogP contribution is -2.45. The van der Waals surface area contributed by atoms with E-state index in [-0.39, 0.29) is 0 Å². The highest BCUT2D eigenvalue weighted by molar-refractivity contribution is 7.99. The third kappa shape index (κ3) is 4.47. The lowest BCUT2D eigenvalue weighted by atomic mass is 10.3. The molecule has 92 valence electrons. The molecule has 0 radical (unpaired) electrons. The fraction of sp³-hybridized carbons (Fsp3) is 0.750. The lowest BCUT2D eigenvalue weighted by Gasteiger charge is -2.35. The zero-order chi connectivity index (χ0) is 11.8. The van der Waals surface area contributed by atoms with Gasteiger partial charge in [-0.1, -0.05) is 19.9 Å². The maximum absolute atomic E-state index is 10.6. The first kappa shape index (κ1) is 13.4. The van der Waals surface area contributed by atoms with Crippen LogP contribution in [-0.4, -0.2) is 53.9 Å². The lowest BCUT2D eigenvalue weighted by molar-refractivity contribution is -0.119. The van der Waals surface area contributed by atoms with Crippen molar-refractivity contribution in [2.45, 2.75) is 19.8 Å². The van der Waals surface area contributed by atoms with Gasteiger partial charge in [0.05, 0.1) is 0 Å². The zero-order valence-corrected chi connectivity index (χ0v) is 11.0.